The van der Waals surface area contributed by atoms with E-state index in [1.165, 1.54) is 0 Å². The minimum absolute atomic E-state index is 0.170. The molecule has 36 heavy (non-hydrogen) atoms. The van der Waals surface area contributed by atoms with Crippen LogP contribution in [0.2, 0.25) is 0 Å². The van der Waals surface area contributed by atoms with Crippen LogP contribution in [-0.2, 0) is 0 Å². The summed E-state index contributed by atoms with van der Waals surface area (Å²) in [6.07, 6.45) is 0. The quantitative estimate of drug-likeness (QED) is 0.224. The molecule has 0 bridgehead atoms. The maximum atomic E-state index is 11.9. The molecule has 8 heteroatoms. The molecule has 0 spiro atoms. The van der Waals surface area contributed by atoms with E-state index < -0.39 is 11.9 Å². The van der Waals surface area contributed by atoms with E-state index in [9.17, 15) is 19.8 Å². The molecule has 0 saturated carbocycles. The van der Waals surface area contributed by atoms with Gasteiger partial charge in [0.2, 0.25) is 0 Å². The number of benzene rings is 4. The van der Waals surface area contributed by atoms with Crippen LogP contribution in [-0.4, -0.2) is 36.5 Å². The summed E-state index contributed by atoms with van der Waals surface area (Å²) in [4.78, 5) is 23.4. The van der Waals surface area contributed by atoms with Gasteiger partial charge in [-0.2, -0.15) is 0 Å². The highest BCUT2D eigenvalue weighted by molar-refractivity contribution is 6.67. The van der Waals surface area contributed by atoms with Crippen LogP contribution in [0.15, 0.2) is 84.9 Å². The Balaban J connectivity index is 1.48. The van der Waals surface area contributed by atoms with Crippen molar-refractivity contribution >= 4 is 58.6 Å². The Morgan fingerprint density at radius 2 is 1.17 bits per heavy atom. The molecular weight excluding hydrogens is 453 g/mol. The first-order chi connectivity index (χ1) is 17.3. The molecule has 0 heterocycles. The summed E-state index contributed by atoms with van der Waals surface area (Å²) in [7, 11) is 3.61. The van der Waals surface area contributed by atoms with E-state index >= 15 is 0 Å². The average molecular weight is 478 g/mol. The van der Waals surface area contributed by atoms with Crippen LogP contribution in [0.5, 0.6) is 0 Å². The molecular formula is C28H25BN3O4. The van der Waals surface area contributed by atoms with Crippen molar-refractivity contribution in [1.82, 2.24) is 0 Å². The highest BCUT2D eigenvalue weighted by Crippen LogP contribution is 2.26. The second kappa shape index (κ2) is 10.7. The van der Waals surface area contributed by atoms with E-state index in [-0.39, 0.29) is 11.1 Å². The third-order valence-corrected chi connectivity index (χ3v) is 5.66. The van der Waals surface area contributed by atoms with Gasteiger partial charge in [-0.3, -0.25) is 0 Å². The third-order valence-electron chi connectivity index (χ3n) is 5.66. The van der Waals surface area contributed by atoms with Gasteiger partial charge in [0.25, 0.3) is 0 Å². The van der Waals surface area contributed by atoms with Crippen molar-refractivity contribution in [2.45, 2.75) is 6.92 Å². The number of carboxylic acids is 2. The van der Waals surface area contributed by atoms with Gasteiger partial charge in [0.1, 0.15) is 0 Å². The zero-order chi connectivity index (χ0) is 25.7. The molecule has 7 nitrogen and oxygen atoms in total. The van der Waals surface area contributed by atoms with Gasteiger partial charge in [0.15, 0.2) is 7.28 Å². The van der Waals surface area contributed by atoms with Gasteiger partial charge in [0.05, 0.1) is 16.8 Å². The van der Waals surface area contributed by atoms with Crippen LogP contribution in [0, 0.1) is 6.92 Å². The molecule has 0 unspecified atom stereocenters. The maximum Gasteiger partial charge on any atom is 0.337 e. The lowest BCUT2D eigenvalue weighted by Crippen LogP contribution is -2.27. The monoisotopic (exact) mass is 478 g/mol. The SMILES string of the molecule is CNc1ccc(Nc2ccc(Nc3ccc([B]c4ccc(C)cc4)cc3C(=O)O)cc2)cc1C(=O)O. The first kappa shape index (κ1) is 24.4. The average Bonchev–Trinajstić information content (AvgIpc) is 2.87. The van der Waals surface area contributed by atoms with E-state index in [1.54, 1.807) is 37.4 Å². The van der Waals surface area contributed by atoms with Gasteiger partial charge in [0, 0.05) is 29.8 Å². The van der Waals surface area contributed by atoms with Gasteiger partial charge < -0.3 is 26.2 Å². The van der Waals surface area contributed by atoms with Crippen molar-refractivity contribution in [3.8, 4) is 0 Å². The molecule has 4 rings (SSSR count). The normalized spacial score (nSPS) is 10.4. The summed E-state index contributed by atoms with van der Waals surface area (Å²) in [5, 5.41) is 28.4. The summed E-state index contributed by atoms with van der Waals surface area (Å²) in [6, 6.07) is 25.7. The van der Waals surface area contributed by atoms with Crippen molar-refractivity contribution in [1.29, 1.82) is 0 Å². The van der Waals surface area contributed by atoms with Crippen LogP contribution in [0.4, 0.5) is 28.4 Å². The first-order valence-corrected chi connectivity index (χ1v) is 11.3. The van der Waals surface area contributed by atoms with Crippen LogP contribution in [0.3, 0.4) is 0 Å². The molecule has 4 aromatic rings. The molecule has 0 atom stereocenters. The minimum Gasteiger partial charge on any atom is -0.478 e. The maximum absolute atomic E-state index is 11.9. The van der Waals surface area contributed by atoms with Crippen LogP contribution in [0.25, 0.3) is 0 Å². The van der Waals surface area contributed by atoms with E-state index in [4.69, 9.17) is 0 Å². The second-order valence-electron chi connectivity index (χ2n) is 8.31. The summed E-state index contributed by atoms with van der Waals surface area (Å²) in [6.45, 7) is 2.02. The number of aryl methyl sites for hydroxylation is 1. The number of carbonyl (C=O) groups is 2. The molecule has 0 fully saturated rings. The van der Waals surface area contributed by atoms with Crippen LogP contribution in [0.1, 0.15) is 26.3 Å². The van der Waals surface area contributed by atoms with Gasteiger partial charge in [-0.25, -0.2) is 9.59 Å². The number of rotatable bonds is 9. The molecule has 0 amide bonds. The number of carboxylic acid groups (broad SMARTS) is 2. The fraction of sp³-hybridized carbons (Fsp3) is 0.0714. The molecule has 179 valence electrons. The summed E-state index contributed by atoms with van der Waals surface area (Å²) >= 11 is 0. The fourth-order valence-electron chi connectivity index (χ4n) is 3.77. The number of anilines is 5. The molecule has 1 radical (unpaired) electrons. The highest BCUT2D eigenvalue weighted by atomic mass is 16.4. The van der Waals surface area contributed by atoms with Crippen molar-refractivity contribution in [2.75, 3.05) is 23.0 Å². The first-order valence-electron chi connectivity index (χ1n) is 11.3. The smallest absolute Gasteiger partial charge is 0.337 e. The van der Waals surface area contributed by atoms with Gasteiger partial charge in [-0.1, -0.05) is 52.9 Å². The lowest BCUT2D eigenvalue weighted by Gasteiger charge is -2.13. The van der Waals surface area contributed by atoms with Crippen LogP contribution >= 0.6 is 0 Å². The lowest BCUT2D eigenvalue weighted by atomic mass is 9.63. The lowest BCUT2D eigenvalue weighted by molar-refractivity contribution is 0.0687. The Bertz CT molecular complexity index is 1400. The van der Waals surface area contributed by atoms with Gasteiger partial charge >= 0.3 is 11.9 Å². The molecule has 0 aliphatic carbocycles. The Labute approximate surface area is 210 Å². The van der Waals surface area contributed by atoms with Crippen molar-refractivity contribution < 1.29 is 19.8 Å². The number of nitrogens with one attached hydrogen (secondary N) is 3. The fourth-order valence-corrected chi connectivity index (χ4v) is 3.77. The molecule has 0 saturated heterocycles. The van der Waals surface area contributed by atoms with Crippen molar-refractivity contribution in [2.24, 2.45) is 0 Å². The predicted molar refractivity (Wildman–Crippen MR) is 146 cm³/mol. The van der Waals surface area contributed by atoms with Crippen molar-refractivity contribution in [3.63, 3.8) is 0 Å². The largest absolute Gasteiger partial charge is 0.478 e. The molecule has 4 aromatic carbocycles. The molecule has 5 N–H and O–H groups in total. The van der Waals surface area contributed by atoms with Crippen molar-refractivity contribution in [3.05, 3.63) is 102 Å². The highest BCUT2D eigenvalue weighted by Gasteiger charge is 2.13. The zero-order valence-electron chi connectivity index (χ0n) is 19.9. The van der Waals surface area contributed by atoms with E-state index in [1.807, 2.05) is 68.8 Å². The van der Waals surface area contributed by atoms with E-state index in [2.05, 4.69) is 16.0 Å². The summed E-state index contributed by atoms with van der Waals surface area (Å²) < 4.78 is 0. The Kier molecular flexibility index (Phi) is 7.25. The Morgan fingerprint density at radius 1 is 0.639 bits per heavy atom. The standard InChI is InChI=1S/C28H25BN3O4/c1-17-3-5-18(6-4-17)29-19-7-13-26(23(15-19)27(33)34)32-21-10-8-20(9-11-21)31-22-12-14-25(30-2)24(16-22)28(35)36/h3-16,30-32H,1-2H3,(H,33,34)(H,35,36). The molecule has 0 aliphatic rings. The number of aromatic carboxylic acids is 2. The summed E-state index contributed by atoms with van der Waals surface area (Å²) in [5.41, 5.74) is 6.43. The number of hydrogen-bond donors (Lipinski definition) is 5. The van der Waals surface area contributed by atoms with E-state index in [0.29, 0.717) is 17.1 Å². The van der Waals surface area contributed by atoms with Crippen LogP contribution < -0.4 is 26.9 Å². The predicted octanol–water partition coefficient (Wildman–Crippen LogP) is 4.58. The zero-order valence-corrected chi connectivity index (χ0v) is 19.9. The van der Waals surface area contributed by atoms with Gasteiger partial charge in [-0.05, 0) is 55.5 Å². The minimum atomic E-state index is -1.02. The molecule has 0 aliphatic heterocycles. The topological polar surface area (TPSA) is 111 Å². The number of hydrogen-bond acceptors (Lipinski definition) is 5. The second-order valence-corrected chi connectivity index (χ2v) is 8.31. The molecule has 0 aromatic heterocycles. The van der Waals surface area contributed by atoms with E-state index in [0.717, 1.165) is 27.9 Å². The Hall–Kier alpha value is -4.72. The van der Waals surface area contributed by atoms with Gasteiger partial charge in [-0.15, -0.1) is 0 Å². The third kappa shape index (κ3) is 5.85. The Morgan fingerprint density at radius 3 is 1.78 bits per heavy atom. The summed E-state index contributed by atoms with van der Waals surface area (Å²) in [5.74, 6) is -2.03.